The van der Waals surface area contributed by atoms with E-state index in [4.69, 9.17) is 9.72 Å². The third-order valence-corrected chi connectivity index (χ3v) is 6.18. The molecule has 0 spiro atoms. The van der Waals surface area contributed by atoms with Gasteiger partial charge in [-0.05, 0) is 48.2 Å². The molecule has 0 N–H and O–H groups in total. The van der Waals surface area contributed by atoms with E-state index < -0.39 is 11.6 Å². The Morgan fingerprint density at radius 1 is 1.15 bits per heavy atom. The fourth-order valence-corrected chi connectivity index (χ4v) is 4.65. The Balaban J connectivity index is 1.62. The summed E-state index contributed by atoms with van der Waals surface area (Å²) in [4.78, 5) is 4.81. The van der Waals surface area contributed by atoms with Crippen molar-refractivity contribution in [3.05, 3.63) is 99.9 Å². The minimum atomic E-state index is -0.745. The van der Waals surface area contributed by atoms with Crippen LogP contribution >= 0.6 is 0 Å². The molecule has 4 nitrogen and oxygen atoms in total. The van der Waals surface area contributed by atoms with E-state index in [2.05, 4.69) is 23.6 Å². The lowest BCUT2D eigenvalue weighted by molar-refractivity contribution is 0.303. The van der Waals surface area contributed by atoms with Crippen molar-refractivity contribution in [2.24, 2.45) is 0 Å². The molecule has 5 rings (SSSR count). The molecule has 170 valence electrons. The molecule has 0 amide bonds. The first kappa shape index (κ1) is 21.8. The second-order valence-corrected chi connectivity index (χ2v) is 8.51. The van der Waals surface area contributed by atoms with Gasteiger partial charge < -0.3 is 9.30 Å². The summed E-state index contributed by atoms with van der Waals surface area (Å²) in [5.74, 6) is -0.329. The molecule has 0 unspecified atom stereocenters. The maximum atomic E-state index is 14.9. The number of halogens is 2. The Hall–Kier alpha value is -3.98. The summed E-state index contributed by atoms with van der Waals surface area (Å²) in [6.07, 6.45) is 1.86. The number of nitrogens with zero attached hydrogens (tertiary/aromatic N) is 3. The summed E-state index contributed by atoms with van der Waals surface area (Å²) in [5.41, 5.74) is 5.52. The molecule has 2 heterocycles. The quantitative estimate of drug-likeness (QED) is 0.328. The van der Waals surface area contributed by atoms with Crippen LogP contribution in [0.2, 0.25) is 0 Å². The molecule has 0 atom stereocenters. The van der Waals surface area contributed by atoms with E-state index in [1.54, 1.807) is 6.92 Å². The van der Waals surface area contributed by atoms with Gasteiger partial charge in [0, 0.05) is 36.2 Å². The molecule has 0 aliphatic carbocycles. The molecule has 0 bridgehead atoms. The molecule has 34 heavy (non-hydrogen) atoms. The van der Waals surface area contributed by atoms with Crippen LogP contribution < -0.4 is 4.74 Å². The normalized spacial score (nSPS) is 14.1. The maximum absolute atomic E-state index is 14.9. The Morgan fingerprint density at radius 2 is 1.97 bits per heavy atom. The number of imidazole rings is 1. The van der Waals surface area contributed by atoms with Crippen molar-refractivity contribution in [3.8, 4) is 11.8 Å². The van der Waals surface area contributed by atoms with E-state index in [-0.39, 0.29) is 17.9 Å². The monoisotopic (exact) mass is 455 g/mol. The first-order valence-electron chi connectivity index (χ1n) is 11.3. The highest BCUT2D eigenvalue weighted by molar-refractivity contribution is 5.88. The topological polar surface area (TPSA) is 50.8 Å². The minimum absolute atomic E-state index is 0.102. The summed E-state index contributed by atoms with van der Waals surface area (Å²) >= 11 is 0. The number of para-hydroxylation sites is 2. The van der Waals surface area contributed by atoms with Crippen LogP contribution in [0.15, 0.2) is 60.2 Å². The van der Waals surface area contributed by atoms with Gasteiger partial charge in [0.15, 0.2) is 0 Å². The van der Waals surface area contributed by atoms with Crippen LogP contribution in [0.25, 0.3) is 16.6 Å². The fraction of sp³-hybridized carbons (Fsp3) is 0.214. The molecular weight excluding hydrogens is 432 g/mol. The van der Waals surface area contributed by atoms with E-state index in [9.17, 15) is 14.0 Å². The number of rotatable bonds is 4. The number of allylic oxidation sites excluding steroid dienone is 1. The Kier molecular flexibility index (Phi) is 5.62. The lowest BCUT2D eigenvalue weighted by atomic mass is 9.90. The largest absolute Gasteiger partial charge is 0.488 e. The third kappa shape index (κ3) is 3.73. The highest BCUT2D eigenvalue weighted by Crippen LogP contribution is 2.41. The van der Waals surface area contributed by atoms with Crippen LogP contribution in [0, 0.1) is 23.0 Å². The number of benzene rings is 3. The zero-order valence-electron chi connectivity index (χ0n) is 19.0. The van der Waals surface area contributed by atoms with Gasteiger partial charge in [-0.15, -0.1) is 0 Å². The summed E-state index contributed by atoms with van der Waals surface area (Å²) < 4.78 is 36.9. The van der Waals surface area contributed by atoms with Gasteiger partial charge in [0.25, 0.3) is 0 Å². The molecule has 0 radical (unpaired) electrons. The fourth-order valence-electron chi connectivity index (χ4n) is 4.65. The molecule has 4 aromatic rings. The van der Waals surface area contributed by atoms with Crippen LogP contribution in [0.1, 0.15) is 48.3 Å². The van der Waals surface area contributed by atoms with Crippen molar-refractivity contribution in [1.29, 1.82) is 5.26 Å². The highest BCUT2D eigenvalue weighted by atomic mass is 19.1. The average Bonchev–Trinajstić information content (AvgIpc) is 3.07. The van der Waals surface area contributed by atoms with Gasteiger partial charge in [-0.1, -0.05) is 31.2 Å². The van der Waals surface area contributed by atoms with E-state index in [1.165, 1.54) is 6.07 Å². The lowest BCUT2D eigenvalue weighted by Gasteiger charge is -2.14. The van der Waals surface area contributed by atoms with Crippen LogP contribution in [-0.2, 0) is 19.6 Å². The minimum Gasteiger partial charge on any atom is -0.488 e. The number of ether oxygens (including phenoxy) is 1. The zero-order valence-corrected chi connectivity index (χ0v) is 19.0. The summed E-state index contributed by atoms with van der Waals surface area (Å²) in [6.45, 7) is 4.54. The number of nitriles is 1. The SMILES string of the molecule is CCCc1nc2ccccc2n1Cc1ccc2c(c1)COc1cc(F)cc(F)c1C2=C(C)C#N. The Bertz CT molecular complexity index is 1490. The molecule has 1 aliphatic rings. The molecule has 0 saturated heterocycles. The van der Waals surface area contributed by atoms with Crippen LogP contribution in [-0.4, -0.2) is 9.55 Å². The Morgan fingerprint density at radius 3 is 2.76 bits per heavy atom. The summed E-state index contributed by atoms with van der Waals surface area (Å²) in [7, 11) is 0. The van der Waals surface area contributed by atoms with Crippen molar-refractivity contribution in [1.82, 2.24) is 9.55 Å². The number of fused-ring (bicyclic) bond motifs is 3. The second-order valence-electron chi connectivity index (χ2n) is 8.51. The third-order valence-electron chi connectivity index (χ3n) is 6.18. The van der Waals surface area contributed by atoms with Gasteiger partial charge >= 0.3 is 0 Å². The number of hydrogen-bond acceptors (Lipinski definition) is 3. The molecule has 1 aromatic heterocycles. The van der Waals surface area contributed by atoms with Crippen molar-refractivity contribution >= 4 is 16.6 Å². The average molecular weight is 456 g/mol. The zero-order chi connectivity index (χ0) is 23.8. The molecule has 0 saturated carbocycles. The van der Waals surface area contributed by atoms with Crippen molar-refractivity contribution in [2.75, 3.05) is 0 Å². The van der Waals surface area contributed by atoms with E-state index >= 15 is 0 Å². The van der Waals surface area contributed by atoms with Crippen molar-refractivity contribution in [2.45, 2.75) is 39.8 Å². The van der Waals surface area contributed by atoms with Gasteiger partial charge in [-0.3, -0.25) is 0 Å². The molecule has 6 heteroatoms. The second kappa shape index (κ2) is 8.75. The first-order valence-corrected chi connectivity index (χ1v) is 11.3. The number of aromatic nitrogens is 2. The molecule has 1 aliphatic heterocycles. The van der Waals surface area contributed by atoms with Gasteiger partial charge in [0.1, 0.15) is 29.8 Å². The number of hydrogen-bond donors (Lipinski definition) is 0. The van der Waals surface area contributed by atoms with E-state index in [1.807, 2.05) is 36.4 Å². The van der Waals surface area contributed by atoms with Gasteiger partial charge in [-0.2, -0.15) is 5.26 Å². The molecular formula is C28H23F2N3O. The van der Waals surface area contributed by atoms with E-state index in [0.29, 0.717) is 17.7 Å². The predicted molar refractivity (Wildman–Crippen MR) is 127 cm³/mol. The van der Waals surface area contributed by atoms with Gasteiger partial charge in [0.2, 0.25) is 0 Å². The summed E-state index contributed by atoms with van der Waals surface area (Å²) in [5, 5.41) is 9.63. The van der Waals surface area contributed by atoms with Crippen LogP contribution in [0.3, 0.4) is 0 Å². The van der Waals surface area contributed by atoms with Gasteiger partial charge in [0.05, 0.1) is 22.7 Å². The maximum Gasteiger partial charge on any atom is 0.137 e. The predicted octanol–water partition coefficient (Wildman–Crippen LogP) is 6.55. The van der Waals surface area contributed by atoms with E-state index in [0.717, 1.165) is 52.5 Å². The standard InChI is InChI=1S/C28H23F2N3O/c1-3-6-26-32-23-7-4-5-8-24(23)33(26)15-18-9-10-21-19(11-18)16-34-25-13-20(29)12-22(30)28(25)27(21)17(2)14-31/h4-5,7-13H,3,6,15-16H2,1-2H3. The first-order chi connectivity index (χ1) is 16.5. The van der Waals surface area contributed by atoms with Crippen molar-refractivity contribution < 1.29 is 13.5 Å². The van der Waals surface area contributed by atoms with Crippen molar-refractivity contribution in [3.63, 3.8) is 0 Å². The molecule has 3 aromatic carbocycles. The van der Waals surface area contributed by atoms with Crippen LogP contribution in [0.4, 0.5) is 8.78 Å². The van der Waals surface area contributed by atoms with Gasteiger partial charge in [-0.25, -0.2) is 13.8 Å². The van der Waals surface area contributed by atoms with Crippen LogP contribution in [0.5, 0.6) is 5.75 Å². The lowest BCUT2D eigenvalue weighted by Crippen LogP contribution is -2.06. The molecule has 0 fully saturated rings. The highest BCUT2D eigenvalue weighted by Gasteiger charge is 2.26. The Labute approximate surface area is 196 Å². The summed E-state index contributed by atoms with van der Waals surface area (Å²) in [6, 6.07) is 18.1. The smallest absolute Gasteiger partial charge is 0.137 e. The number of aryl methyl sites for hydroxylation is 1.